The van der Waals surface area contributed by atoms with Gasteiger partial charge in [-0.15, -0.1) is 0 Å². The summed E-state index contributed by atoms with van der Waals surface area (Å²) >= 11 is 0. The molecule has 5 nitrogen and oxygen atoms in total. The number of aliphatic carboxylic acids is 1. The summed E-state index contributed by atoms with van der Waals surface area (Å²) in [6.45, 7) is 5.53. The van der Waals surface area contributed by atoms with Gasteiger partial charge in [0.05, 0.1) is 6.20 Å². The van der Waals surface area contributed by atoms with Gasteiger partial charge in [0.2, 0.25) is 0 Å². The van der Waals surface area contributed by atoms with Crippen LogP contribution in [-0.4, -0.2) is 26.9 Å². The third-order valence-corrected chi connectivity index (χ3v) is 2.78. The van der Waals surface area contributed by atoms with Gasteiger partial charge in [0.1, 0.15) is 6.04 Å². The van der Waals surface area contributed by atoms with Crippen LogP contribution >= 0.6 is 0 Å². The van der Waals surface area contributed by atoms with Crippen LogP contribution < -0.4 is 5.73 Å². The Bertz CT molecular complexity index is 363. The number of carbonyl (C=O) groups is 1. The van der Waals surface area contributed by atoms with E-state index >= 15 is 0 Å². The molecule has 15 heavy (non-hydrogen) atoms. The van der Waals surface area contributed by atoms with Crippen LogP contribution in [0.1, 0.15) is 25.1 Å². The van der Waals surface area contributed by atoms with Crippen LogP contribution in [0, 0.1) is 6.92 Å². The first-order valence-corrected chi connectivity index (χ1v) is 4.76. The van der Waals surface area contributed by atoms with Crippen molar-refractivity contribution in [1.29, 1.82) is 0 Å². The summed E-state index contributed by atoms with van der Waals surface area (Å²) in [5, 5.41) is 13.0. The smallest absolute Gasteiger partial charge is 0.321 e. The highest BCUT2D eigenvalue weighted by Gasteiger charge is 2.37. The lowest BCUT2D eigenvalue weighted by Gasteiger charge is -2.29. The molecule has 1 atom stereocenters. The predicted octanol–water partition coefficient (Wildman–Crippen LogP) is 0.418. The Morgan fingerprint density at radius 2 is 2.20 bits per heavy atom. The molecule has 0 bridgehead atoms. The van der Waals surface area contributed by atoms with E-state index in [0.29, 0.717) is 0 Å². The number of hydrogen-bond donors (Lipinski definition) is 2. The molecule has 1 rings (SSSR count). The van der Waals surface area contributed by atoms with Crippen molar-refractivity contribution in [2.45, 2.75) is 32.2 Å². The molecule has 0 aliphatic rings. The van der Waals surface area contributed by atoms with E-state index in [0.717, 1.165) is 11.3 Å². The lowest BCUT2D eigenvalue weighted by atomic mass is 9.80. The molecule has 0 spiro atoms. The molecular weight excluding hydrogens is 194 g/mol. The lowest BCUT2D eigenvalue weighted by Crippen LogP contribution is -2.48. The Balaban J connectivity index is 3.21. The average molecular weight is 211 g/mol. The molecule has 0 amide bonds. The molecule has 0 aliphatic heterocycles. The first-order chi connectivity index (χ1) is 6.78. The maximum absolute atomic E-state index is 10.9. The summed E-state index contributed by atoms with van der Waals surface area (Å²) in [7, 11) is 1.79. The zero-order valence-corrected chi connectivity index (χ0v) is 9.48. The summed E-state index contributed by atoms with van der Waals surface area (Å²) in [6.07, 6.45) is 1.71. The molecule has 1 unspecified atom stereocenters. The number of hydrogen-bond acceptors (Lipinski definition) is 3. The minimum absolute atomic E-state index is 0.638. The van der Waals surface area contributed by atoms with Crippen LogP contribution in [0.2, 0.25) is 0 Å². The van der Waals surface area contributed by atoms with Crippen molar-refractivity contribution in [3.63, 3.8) is 0 Å². The molecule has 0 radical (unpaired) electrons. The first kappa shape index (κ1) is 11.7. The Morgan fingerprint density at radius 1 is 1.67 bits per heavy atom. The van der Waals surface area contributed by atoms with Gasteiger partial charge < -0.3 is 10.8 Å². The molecule has 0 saturated carbocycles. The largest absolute Gasteiger partial charge is 0.480 e. The van der Waals surface area contributed by atoms with Crippen LogP contribution in [0.3, 0.4) is 0 Å². The Labute approximate surface area is 88.9 Å². The number of aryl methyl sites for hydroxylation is 2. The third kappa shape index (κ3) is 1.87. The van der Waals surface area contributed by atoms with Crippen LogP contribution in [-0.2, 0) is 17.3 Å². The van der Waals surface area contributed by atoms with Crippen LogP contribution in [0.5, 0.6) is 0 Å². The van der Waals surface area contributed by atoms with Gasteiger partial charge in [-0.1, -0.05) is 13.8 Å². The summed E-state index contributed by atoms with van der Waals surface area (Å²) < 4.78 is 1.68. The van der Waals surface area contributed by atoms with E-state index < -0.39 is 17.4 Å². The van der Waals surface area contributed by atoms with E-state index in [1.54, 1.807) is 17.9 Å². The quantitative estimate of drug-likeness (QED) is 0.759. The molecule has 0 aromatic carbocycles. The molecule has 1 aromatic heterocycles. The van der Waals surface area contributed by atoms with E-state index in [-0.39, 0.29) is 0 Å². The minimum Gasteiger partial charge on any atom is -0.480 e. The molecule has 0 fully saturated rings. The van der Waals surface area contributed by atoms with E-state index in [2.05, 4.69) is 5.10 Å². The van der Waals surface area contributed by atoms with Gasteiger partial charge in [-0.25, -0.2) is 0 Å². The van der Waals surface area contributed by atoms with Crippen molar-refractivity contribution in [3.05, 3.63) is 17.5 Å². The van der Waals surface area contributed by atoms with Crippen LogP contribution in [0.4, 0.5) is 0 Å². The van der Waals surface area contributed by atoms with E-state index in [9.17, 15) is 4.79 Å². The van der Waals surface area contributed by atoms with Gasteiger partial charge in [-0.05, 0) is 12.5 Å². The maximum Gasteiger partial charge on any atom is 0.321 e. The average Bonchev–Trinajstić information content (AvgIpc) is 2.44. The van der Waals surface area contributed by atoms with Crippen molar-refractivity contribution in [2.24, 2.45) is 12.8 Å². The van der Waals surface area contributed by atoms with Crippen LogP contribution in [0.15, 0.2) is 6.20 Å². The summed E-state index contributed by atoms with van der Waals surface area (Å²) in [4.78, 5) is 10.9. The molecule has 0 aliphatic carbocycles. The minimum atomic E-state index is -0.999. The number of nitrogens with zero attached hydrogens (tertiary/aromatic N) is 2. The zero-order chi connectivity index (χ0) is 11.8. The second-order valence-electron chi connectivity index (χ2n) is 4.34. The topological polar surface area (TPSA) is 81.1 Å². The van der Waals surface area contributed by atoms with Crippen molar-refractivity contribution in [2.75, 3.05) is 0 Å². The van der Waals surface area contributed by atoms with Crippen molar-refractivity contribution in [3.8, 4) is 0 Å². The molecule has 84 valence electrons. The normalized spacial score (nSPS) is 13.9. The van der Waals surface area contributed by atoms with Gasteiger partial charge in [-0.2, -0.15) is 5.10 Å². The number of aromatic nitrogens is 2. The SMILES string of the molecule is Cc1cnn(C)c1C(C)(C)C(N)C(=O)O. The summed E-state index contributed by atoms with van der Waals surface area (Å²) in [5.74, 6) is -0.999. The fourth-order valence-electron chi connectivity index (χ4n) is 1.93. The van der Waals surface area contributed by atoms with E-state index in [1.807, 2.05) is 20.8 Å². The second kappa shape index (κ2) is 3.66. The number of rotatable bonds is 3. The monoisotopic (exact) mass is 211 g/mol. The molecule has 1 heterocycles. The Kier molecular flexibility index (Phi) is 2.86. The van der Waals surface area contributed by atoms with Gasteiger partial charge in [0, 0.05) is 18.2 Å². The summed E-state index contributed by atoms with van der Waals surface area (Å²) in [6, 6.07) is -0.938. The Morgan fingerprint density at radius 3 is 2.53 bits per heavy atom. The van der Waals surface area contributed by atoms with Gasteiger partial charge in [0.15, 0.2) is 0 Å². The molecule has 1 aromatic rings. The standard InChI is InChI=1S/C10H17N3O2/c1-6-5-12-13(4)8(6)10(2,3)7(11)9(14)15/h5,7H,11H2,1-4H3,(H,14,15). The lowest BCUT2D eigenvalue weighted by molar-refractivity contribution is -0.140. The number of carboxylic acid groups (broad SMARTS) is 1. The first-order valence-electron chi connectivity index (χ1n) is 4.76. The maximum atomic E-state index is 10.9. The number of nitrogens with two attached hydrogens (primary N) is 1. The highest BCUT2D eigenvalue weighted by Crippen LogP contribution is 2.28. The molecule has 3 N–H and O–H groups in total. The van der Waals surface area contributed by atoms with Crippen molar-refractivity contribution >= 4 is 5.97 Å². The fraction of sp³-hybridized carbons (Fsp3) is 0.600. The van der Waals surface area contributed by atoms with Gasteiger partial charge in [0.25, 0.3) is 0 Å². The highest BCUT2D eigenvalue weighted by atomic mass is 16.4. The molecular formula is C10H17N3O2. The Hall–Kier alpha value is -1.36. The molecule has 5 heteroatoms. The van der Waals surface area contributed by atoms with Gasteiger partial charge in [-0.3, -0.25) is 9.48 Å². The fourth-order valence-corrected chi connectivity index (χ4v) is 1.93. The zero-order valence-electron chi connectivity index (χ0n) is 9.48. The van der Waals surface area contributed by atoms with Crippen molar-refractivity contribution < 1.29 is 9.90 Å². The van der Waals surface area contributed by atoms with Crippen LogP contribution in [0.25, 0.3) is 0 Å². The highest BCUT2D eigenvalue weighted by molar-refractivity contribution is 5.75. The van der Waals surface area contributed by atoms with Crippen molar-refractivity contribution in [1.82, 2.24) is 9.78 Å². The molecule has 0 saturated heterocycles. The second-order valence-corrected chi connectivity index (χ2v) is 4.34. The van der Waals surface area contributed by atoms with Gasteiger partial charge >= 0.3 is 5.97 Å². The number of carboxylic acids is 1. The summed E-state index contributed by atoms with van der Waals surface area (Å²) in [5.41, 5.74) is 6.86. The predicted molar refractivity (Wildman–Crippen MR) is 56.6 cm³/mol. The van der Waals surface area contributed by atoms with E-state index in [1.165, 1.54) is 0 Å². The third-order valence-electron chi connectivity index (χ3n) is 2.78. The van der Waals surface area contributed by atoms with E-state index in [4.69, 9.17) is 10.8 Å².